The second-order valence-corrected chi connectivity index (χ2v) is 10.8. The van der Waals surface area contributed by atoms with Crippen LogP contribution in [0.3, 0.4) is 0 Å². The molecule has 1 aliphatic carbocycles. The third-order valence-corrected chi connectivity index (χ3v) is 7.49. The fourth-order valence-corrected chi connectivity index (χ4v) is 5.16. The van der Waals surface area contributed by atoms with Crippen molar-refractivity contribution in [3.05, 3.63) is 89.0 Å². The average molecular weight is 557 g/mol. The third-order valence-electron chi connectivity index (χ3n) is 7.49. The quantitative estimate of drug-likeness (QED) is 0.130. The lowest BCUT2D eigenvalue weighted by atomic mass is 9.93. The lowest BCUT2D eigenvalue weighted by molar-refractivity contribution is 0.0450. The topological polar surface area (TPSA) is 52.6 Å². The molecule has 0 N–H and O–H groups in total. The second kappa shape index (κ2) is 18.9. The highest BCUT2D eigenvalue weighted by Crippen LogP contribution is 2.27. The van der Waals surface area contributed by atoms with Crippen LogP contribution in [0.1, 0.15) is 123 Å². The third kappa shape index (κ3) is 10.8. The van der Waals surface area contributed by atoms with E-state index < -0.39 is 11.9 Å². The predicted molar refractivity (Wildman–Crippen MR) is 170 cm³/mol. The molecule has 220 valence electrons. The number of hydrogen-bond donors (Lipinski definition) is 0. The maximum absolute atomic E-state index is 12.4. The summed E-state index contributed by atoms with van der Waals surface area (Å²) in [4.78, 5) is 24.7. The van der Waals surface area contributed by atoms with Crippen LogP contribution in [0.25, 0.3) is 16.8 Å². The van der Waals surface area contributed by atoms with Gasteiger partial charge in [-0.25, -0.2) is 9.59 Å². The molecule has 4 heteroatoms. The Labute approximate surface area is 247 Å². The number of rotatable bonds is 16. The molecule has 0 unspecified atom stereocenters. The lowest BCUT2D eigenvalue weighted by Crippen LogP contribution is -2.15. The summed E-state index contributed by atoms with van der Waals surface area (Å²) in [5.41, 5.74) is 3.40. The molecule has 0 aromatic heterocycles. The fraction of sp³-hybridized carbons (Fsp3) is 0.459. The highest BCUT2D eigenvalue weighted by atomic mass is 16.5. The Bertz CT molecular complexity index is 1190. The fourth-order valence-electron chi connectivity index (χ4n) is 5.16. The van der Waals surface area contributed by atoms with Crippen molar-refractivity contribution < 1.29 is 19.1 Å². The minimum absolute atomic E-state index is 0.293. The van der Waals surface area contributed by atoms with E-state index in [4.69, 9.17) is 9.47 Å². The van der Waals surface area contributed by atoms with Crippen LogP contribution >= 0.6 is 0 Å². The van der Waals surface area contributed by atoms with Crippen LogP contribution in [0.4, 0.5) is 0 Å². The van der Waals surface area contributed by atoms with E-state index in [1.165, 1.54) is 73.3 Å². The lowest BCUT2D eigenvalue weighted by Gasteiger charge is -2.11. The van der Waals surface area contributed by atoms with E-state index >= 15 is 0 Å². The Kier molecular flexibility index (Phi) is 14.8. The first-order chi connectivity index (χ1) is 20.2. The number of esters is 2. The summed E-state index contributed by atoms with van der Waals surface area (Å²) in [6.45, 7) is 5.17. The van der Waals surface area contributed by atoms with E-state index in [2.05, 4.69) is 62.4 Å². The van der Waals surface area contributed by atoms with E-state index in [0.29, 0.717) is 24.3 Å². The molecule has 0 saturated heterocycles. The number of allylic oxidation sites excluding steroid dienone is 1. The zero-order chi connectivity index (χ0) is 29.1. The first kappa shape index (κ1) is 32.1. The smallest absolute Gasteiger partial charge is 0.339 e. The van der Waals surface area contributed by atoms with Gasteiger partial charge in [-0.05, 0) is 53.3 Å². The van der Waals surface area contributed by atoms with Crippen molar-refractivity contribution in [2.45, 2.75) is 97.3 Å². The molecule has 0 heterocycles. The molecule has 4 nitrogen and oxygen atoms in total. The summed E-state index contributed by atoms with van der Waals surface area (Å²) in [5.74, 6) is -0.888. The van der Waals surface area contributed by atoms with Gasteiger partial charge in [-0.2, -0.15) is 0 Å². The van der Waals surface area contributed by atoms with Crippen LogP contribution in [0.5, 0.6) is 0 Å². The number of benzene rings is 3. The standard InChI is InChI=1S/C24H38O4.C13H10/c1-3-5-7-9-11-15-19-27-23(25)21-17-13-14-18-22(21)24(26)28-20-16-12-10-8-6-4-2;1-4-10-6-2-8-12-9-3-7-11(5-1)13(10)12/h13-14,17-18H,3-12,15-16,19-20H2,1-2H3;1-8H,9H2. The molecular formula is C37H48O4. The van der Waals surface area contributed by atoms with Gasteiger partial charge in [0, 0.05) is 0 Å². The summed E-state index contributed by atoms with van der Waals surface area (Å²) in [5, 5.41) is 2.80. The first-order valence-corrected chi connectivity index (χ1v) is 15.8. The van der Waals surface area contributed by atoms with Crippen molar-refractivity contribution in [2.24, 2.45) is 0 Å². The van der Waals surface area contributed by atoms with Gasteiger partial charge in [0.25, 0.3) is 0 Å². The molecule has 0 bridgehead atoms. The number of unbranched alkanes of at least 4 members (excludes halogenated alkanes) is 10. The number of carbonyl (C=O) groups excluding carboxylic acids is 2. The normalized spacial score (nSPS) is 11.6. The van der Waals surface area contributed by atoms with E-state index in [0.717, 1.165) is 32.1 Å². The van der Waals surface area contributed by atoms with Crippen molar-refractivity contribution in [2.75, 3.05) is 13.2 Å². The van der Waals surface area contributed by atoms with Gasteiger partial charge in [0.1, 0.15) is 0 Å². The molecule has 0 aliphatic heterocycles. The van der Waals surface area contributed by atoms with Gasteiger partial charge >= 0.3 is 11.9 Å². The van der Waals surface area contributed by atoms with E-state index in [1.807, 2.05) is 0 Å². The monoisotopic (exact) mass is 556 g/mol. The van der Waals surface area contributed by atoms with Crippen LogP contribution in [-0.4, -0.2) is 25.2 Å². The SMILES string of the molecule is C1=Cc2cccc3cccc(c23)C1.CCCCCCCCOC(=O)c1ccccc1C(=O)OCCCCCCCC. The van der Waals surface area contributed by atoms with Crippen molar-refractivity contribution >= 4 is 28.8 Å². The van der Waals surface area contributed by atoms with Gasteiger partial charge in [0.05, 0.1) is 24.3 Å². The van der Waals surface area contributed by atoms with Crippen LogP contribution in [0.15, 0.2) is 66.7 Å². The Morgan fingerprint density at radius 1 is 0.610 bits per heavy atom. The van der Waals surface area contributed by atoms with Crippen LogP contribution in [-0.2, 0) is 15.9 Å². The summed E-state index contributed by atoms with van der Waals surface area (Å²) >= 11 is 0. The maximum Gasteiger partial charge on any atom is 0.339 e. The Hall–Kier alpha value is -3.40. The summed E-state index contributed by atoms with van der Waals surface area (Å²) in [7, 11) is 0. The highest BCUT2D eigenvalue weighted by Gasteiger charge is 2.18. The molecule has 0 fully saturated rings. The van der Waals surface area contributed by atoms with E-state index in [9.17, 15) is 9.59 Å². The molecule has 3 aromatic carbocycles. The molecule has 0 spiro atoms. The van der Waals surface area contributed by atoms with Gasteiger partial charge in [-0.3, -0.25) is 0 Å². The molecule has 0 radical (unpaired) electrons. The van der Waals surface area contributed by atoms with Crippen LogP contribution < -0.4 is 0 Å². The summed E-state index contributed by atoms with van der Waals surface area (Å²) in [6, 6.07) is 19.8. The van der Waals surface area contributed by atoms with Gasteiger partial charge in [-0.1, -0.05) is 139 Å². The van der Waals surface area contributed by atoms with Gasteiger partial charge in [-0.15, -0.1) is 0 Å². The number of carbonyl (C=O) groups is 2. The minimum atomic E-state index is -0.444. The van der Waals surface area contributed by atoms with E-state index in [1.54, 1.807) is 24.3 Å². The molecule has 0 atom stereocenters. The van der Waals surface area contributed by atoms with Gasteiger partial charge < -0.3 is 9.47 Å². The molecule has 41 heavy (non-hydrogen) atoms. The van der Waals surface area contributed by atoms with Crippen LogP contribution in [0.2, 0.25) is 0 Å². The van der Waals surface area contributed by atoms with Gasteiger partial charge in [0.2, 0.25) is 0 Å². The van der Waals surface area contributed by atoms with Gasteiger partial charge in [0.15, 0.2) is 0 Å². The minimum Gasteiger partial charge on any atom is -0.462 e. The summed E-state index contributed by atoms with van der Waals surface area (Å²) < 4.78 is 10.7. The van der Waals surface area contributed by atoms with E-state index in [-0.39, 0.29) is 0 Å². The second-order valence-electron chi connectivity index (χ2n) is 10.8. The Morgan fingerprint density at radius 3 is 1.68 bits per heavy atom. The number of hydrogen-bond acceptors (Lipinski definition) is 4. The molecule has 4 rings (SSSR count). The molecule has 3 aromatic rings. The summed E-state index contributed by atoms with van der Waals surface area (Å²) in [6.07, 6.45) is 19.2. The molecule has 1 aliphatic rings. The molecule has 0 saturated carbocycles. The van der Waals surface area contributed by atoms with Crippen molar-refractivity contribution in [3.8, 4) is 0 Å². The van der Waals surface area contributed by atoms with Crippen molar-refractivity contribution in [1.29, 1.82) is 0 Å². The molecule has 0 amide bonds. The van der Waals surface area contributed by atoms with Crippen LogP contribution in [0, 0.1) is 0 Å². The average Bonchev–Trinajstić information content (AvgIpc) is 3.01. The predicted octanol–water partition coefficient (Wildman–Crippen LogP) is 10.1. The Morgan fingerprint density at radius 2 is 1.12 bits per heavy atom. The molecular weight excluding hydrogens is 508 g/mol. The maximum atomic E-state index is 12.4. The largest absolute Gasteiger partial charge is 0.462 e. The number of ether oxygens (including phenoxy) is 2. The Balaban J connectivity index is 0.000000289. The van der Waals surface area contributed by atoms with Crippen molar-refractivity contribution in [1.82, 2.24) is 0 Å². The zero-order valence-corrected chi connectivity index (χ0v) is 25.2. The van der Waals surface area contributed by atoms with Crippen molar-refractivity contribution in [3.63, 3.8) is 0 Å². The first-order valence-electron chi connectivity index (χ1n) is 15.8. The zero-order valence-electron chi connectivity index (χ0n) is 25.2. The highest BCUT2D eigenvalue weighted by molar-refractivity contribution is 6.03.